The minimum absolute atomic E-state index is 0.681. The van der Waals surface area contributed by atoms with E-state index in [1.54, 1.807) is 0 Å². The van der Waals surface area contributed by atoms with Gasteiger partial charge in [0.15, 0.2) is 0 Å². The van der Waals surface area contributed by atoms with Crippen LogP contribution in [0, 0.1) is 6.92 Å². The van der Waals surface area contributed by atoms with Crippen LogP contribution in [0.2, 0.25) is 0 Å². The summed E-state index contributed by atoms with van der Waals surface area (Å²) in [7, 11) is 0. The van der Waals surface area contributed by atoms with Gasteiger partial charge in [-0.15, -0.1) is 0 Å². The number of benzene rings is 2. The highest BCUT2D eigenvalue weighted by Gasteiger charge is 1.96. The van der Waals surface area contributed by atoms with Crippen molar-refractivity contribution in [1.82, 2.24) is 0 Å². The highest BCUT2D eigenvalue weighted by atomic mass is 16.5. The second-order valence-electron chi connectivity index (χ2n) is 4.79. The van der Waals surface area contributed by atoms with Gasteiger partial charge in [-0.3, -0.25) is 0 Å². The van der Waals surface area contributed by atoms with Crippen LogP contribution in [0.1, 0.15) is 18.4 Å². The molecule has 0 bridgehead atoms. The van der Waals surface area contributed by atoms with Crippen LogP contribution in [-0.2, 0) is 0 Å². The third-order valence-corrected chi connectivity index (χ3v) is 2.92. The summed E-state index contributed by atoms with van der Waals surface area (Å²) < 4.78 is 11.3. The Kier molecular flexibility index (Phi) is 5.30. The zero-order valence-corrected chi connectivity index (χ0v) is 11.8. The summed E-state index contributed by atoms with van der Waals surface area (Å²) in [6.07, 6.45) is 1.93. The molecule has 0 unspecified atom stereocenters. The van der Waals surface area contributed by atoms with Crippen molar-refractivity contribution in [3.05, 3.63) is 54.1 Å². The first-order valence-electron chi connectivity index (χ1n) is 6.92. The minimum Gasteiger partial charge on any atom is -0.494 e. The van der Waals surface area contributed by atoms with Crippen molar-refractivity contribution in [1.29, 1.82) is 0 Å². The fourth-order valence-electron chi connectivity index (χ4n) is 1.89. The van der Waals surface area contributed by atoms with Gasteiger partial charge in [-0.25, -0.2) is 0 Å². The van der Waals surface area contributed by atoms with Gasteiger partial charge in [0.25, 0.3) is 0 Å². The normalized spacial score (nSPS) is 10.2. The van der Waals surface area contributed by atoms with Crippen molar-refractivity contribution in [2.45, 2.75) is 19.8 Å². The predicted octanol–water partition coefficient (Wildman–Crippen LogP) is 3.82. The summed E-state index contributed by atoms with van der Waals surface area (Å²) in [4.78, 5) is 0. The maximum Gasteiger partial charge on any atom is 0.121 e. The fraction of sp³-hybridized carbons (Fsp3) is 0.294. The molecule has 0 heterocycles. The second-order valence-corrected chi connectivity index (χ2v) is 4.79. The van der Waals surface area contributed by atoms with E-state index in [2.05, 4.69) is 13.0 Å². The minimum atomic E-state index is 0.681. The molecule has 0 atom stereocenters. The largest absolute Gasteiger partial charge is 0.494 e. The lowest BCUT2D eigenvalue weighted by Gasteiger charge is -2.08. The Bertz CT molecular complexity index is 491. The average Bonchev–Trinajstić information content (AvgIpc) is 2.43. The molecular weight excluding hydrogens is 250 g/mol. The van der Waals surface area contributed by atoms with Crippen LogP contribution in [0.5, 0.6) is 11.5 Å². The number of nitrogen functional groups attached to an aromatic ring is 1. The number of unbranched alkanes of at least 4 members (excludes halogenated alkanes) is 1. The van der Waals surface area contributed by atoms with Gasteiger partial charge in [0, 0.05) is 11.8 Å². The summed E-state index contributed by atoms with van der Waals surface area (Å²) in [5.74, 6) is 1.76. The van der Waals surface area contributed by atoms with Crippen molar-refractivity contribution >= 4 is 5.69 Å². The lowest BCUT2D eigenvalue weighted by Crippen LogP contribution is -2.02. The van der Waals surface area contributed by atoms with Crippen molar-refractivity contribution in [3.63, 3.8) is 0 Å². The Morgan fingerprint density at radius 2 is 1.45 bits per heavy atom. The molecule has 0 amide bonds. The number of anilines is 1. The molecule has 0 aliphatic heterocycles. The summed E-state index contributed by atoms with van der Waals surface area (Å²) in [6.45, 7) is 3.45. The Labute approximate surface area is 120 Å². The number of aryl methyl sites for hydroxylation is 1. The Balaban J connectivity index is 1.60. The molecule has 0 aliphatic carbocycles. The van der Waals surface area contributed by atoms with Crippen LogP contribution in [0.25, 0.3) is 0 Å². The molecule has 0 spiro atoms. The van der Waals surface area contributed by atoms with Crippen LogP contribution in [0.4, 0.5) is 5.69 Å². The lowest BCUT2D eigenvalue weighted by molar-refractivity contribution is 0.266. The molecule has 3 nitrogen and oxygen atoms in total. The van der Waals surface area contributed by atoms with Crippen LogP contribution in [0.3, 0.4) is 0 Å². The topological polar surface area (TPSA) is 44.5 Å². The molecule has 0 aliphatic rings. The van der Waals surface area contributed by atoms with Gasteiger partial charge in [-0.2, -0.15) is 0 Å². The quantitative estimate of drug-likeness (QED) is 0.615. The first-order valence-corrected chi connectivity index (χ1v) is 6.92. The predicted molar refractivity (Wildman–Crippen MR) is 82.3 cm³/mol. The standard InChI is InChI=1S/C17H21NO2/c1-14-6-4-8-16(12-14)19-10-2-3-11-20-17-9-5-7-15(18)13-17/h4-9,12-13H,2-3,10-11,18H2,1H3. The molecule has 2 aromatic rings. The van der Waals surface area contributed by atoms with Crippen molar-refractivity contribution < 1.29 is 9.47 Å². The summed E-state index contributed by atoms with van der Waals surface area (Å²) in [6, 6.07) is 15.6. The van der Waals surface area contributed by atoms with Gasteiger partial charge < -0.3 is 15.2 Å². The van der Waals surface area contributed by atoms with Gasteiger partial charge in [0.1, 0.15) is 11.5 Å². The number of rotatable bonds is 7. The van der Waals surface area contributed by atoms with E-state index in [-0.39, 0.29) is 0 Å². The van der Waals surface area contributed by atoms with Gasteiger partial charge in [-0.1, -0.05) is 18.2 Å². The first kappa shape index (κ1) is 14.3. The van der Waals surface area contributed by atoms with Crippen LogP contribution in [0.15, 0.2) is 48.5 Å². The molecule has 0 aromatic heterocycles. The SMILES string of the molecule is Cc1cccc(OCCCCOc2cccc(N)c2)c1. The molecule has 0 fully saturated rings. The molecule has 2 aromatic carbocycles. The number of hydrogen-bond acceptors (Lipinski definition) is 3. The van der Waals surface area contributed by atoms with Gasteiger partial charge >= 0.3 is 0 Å². The van der Waals surface area contributed by atoms with E-state index in [1.165, 1.54) is 5.56 Å². The van der Waals surface area contributed by atoms with E-state index in [1.807, 2.05) is 42.5 Å². The molecule has 2 N–H and O–H groups in total. The van der Waals surface area contributed by atoms with E-state index in [0.29, 0.717) is 13.2 Å². The van der Waals surface area contributed by atoms with Crippen molar-refractivity contribution in [3.8, 4) is 11.5 Å². The molecule has 3 heteroatoms. The summed E-state index contributed by atoms with van der Waals surface area (Å²) in [5, 5.41) is 0. The average molecular weight is 271 g/mol. The molecule has 0 radical (unpaired) electrons. The fourth-order valence-corrected chi connectivity index (χ4v) is 1.89. The number of ether oxygens (including phenoxy) is 2. The molecule has 2 rings (SSSR count). The van der Waals surface area contributed by atoms with Gasteiger partial charge in [0.05, 0.1) is 13.2 Å². The van der Waals surface area contributed by atoms with E-state index < -0.39 is 0 Å². The second kappa shape index (κ2) is 7.43. The molecule has 106 valence electrons. The molecule has 0 saturated carbocycles. The Hall–Kier alpha value is -2.16. The Morgan fingerprint density at radius 1 is 0.850 bits per heavy atom. The maximum absolute atomic E-state index is 5.69. The molecule has 20 heavy (non-hydrogen) atoms. The maximum atomic E-state index is 5.69. The van der Waals surface area contributed by atoms with Gasteiger partial charge in [0.2, 0.25) is 0 Å². The van der Waals surface area contributed by atoms with Crippen LogP contribution < -0.4 is 15.2 Å². The van der Waals surface area contributed by atoms with Crippen molar-refractivity contribution in [2.24, 2.45) is 0 Å². The highest BCUT2D eigenvalue weighted by Crippen LogP contribution is 2.15. The van der Waals surface area contributed by atoms with Gasteiger partial charge in [-0.05, 0) is 49.6 Å². The third kappa shape index (κ3) is 4.84. The lowest BCUT2D eigenvalue weighted by atomic mass is 10.2. The smallest absolute Gasteiger partial charge is 0.121 e. The zero-order chi connectivity index (χ0) is 14.2. The number of hydrogen-bond donors (Lipinski definition) is 1. The van der Waals surface area contributed by atoms with E-state index in [0.717, 1.165) is 30.0 Å². The first-order chi connectivity index (χ1) is 9.74. The number of nitrogens with two attached hydrogens (primary N) is 1. The monoisotopic (exact) mass is 271 g/mol. The van der Waals surface area contributed by atoms with E-state index in [4.69, 9.17) is 15.2 Å². The van der Waals surface area contributed by atoms with E-state index in [9.17, 15) is 0 Å². The third-order valence-electron chi connectivity index (χ3n) is 2.92. The Morgan fingerprint density at radius 3 is 2.05 bits per heavy atom. The zero-order valence-electron chi connectivity index (χ0n) is 11.8. The van der Waals surface area contributed by atoms with Crippen molar-refractivity contribution in [2.75, 3.05) is 18.9 Å². The van der Waals surface area contributed by atoms with Crippen LogP contribution in [-0.4, -0.2) is 13.2 Å². The highest BCUT2D eigenvalue weighted by molar-refractivity contribution is 5.43. The van der Waals surface area contributed by atoms with Crippen LogP contribution >= 0.6 is 0 Å². The molecule has 0 saturated heterocycles. The summed E-state index contributed by atoms with van der Waals surface area (Å²) >= 11 is 0. The van der Waals surface area contributed by atoms with E-state index >= 15 is 0 Å². The molecular formula is C17H21NO2. The summed E-state index contributed by atoms with van der Waals surface area (Å²) in [5.41, 5.74) is 7.63.